The number of fused-ring (bicyclic) bond motifs is 1. The molecule has 2 saturated heterocycles. The van der Waals surface area contributed by atoms with Crippen LogP contribution in [-0.4, -0.2) is 62.8 Å². The van der Waals surface area contributed by atoms with E-state index >= 15 is 0 Å². The number of esters is 2. The first-order valence-electron chi connectivity index (χ1n) is 14.2. The number of benzene rings is 2. The zero-order valence-corrected chi connectivity index (χ0v) is 23.0. The highest BCUT2D eigenvalue weighted by atomic mass is 16.7. The predicted molar refractivity (Wildman–Crippen MR) is 145 cm³/mol. The zero-order chi connectivity index (χ0) is 27.5. The van der Waals surface area contributed by atoms with E-state index in [-0.39, 0.29) is 13.2 Å². The van der Waals surface area contributed by atoms with E-state index < -0.39 is 36.4 Å². The number of hydrogen-bond acceptors (Lipinski definition) is 8. The Morgan fingerprint density at radius 2 is 1.05 bits per heavy atom. The van der Waals surface area contributed by atoms with Gasteiger partial charge < -0.3 is 28.4 Å². The Labute approximate surface area is 230 Å². The fraction of sp³-hybridized carbons (Fsp3) is 0.548. The fourth-order valence-corrected chi connectivity index (χ4v) is 4.68. The Kier molecular flexibility index (Phi) is 11.0. The molecule has 8 nitrogen and oxygen atoms in total. The maximum absolute atomic E-state index is 12.7. The number of carbonyl (C=O) groups is 2. The molecule has 2 heterocycles. The normalized spacial score (nSPS) is 21.8. The highest BCUT2D eigenvalue weighted by Gasteiger charge is 2.51. The largest absolute Gasteiger partial charge is 0.494 e. The van der Waals surface area contributed by atoms with Gasteiger partial charge in [-0.2, -0.15) is 0 Å². The molecule has 0 aromatic heterocycles. The quantitative estimate of drug-likeness (QED) is 0.208. The maximum Gasteiger partial charge on any atom is 0.338 e. The minimum Gasteiger partial charge on any atom is -0.494 e. The third-order valence-corrected chi connectivity index (χ3v) is 6.94. The van der Waals surface area contributed by atoms with Gasteiger partial charge in [-0.1, -0.05) is 46.0 Å². The van der Waals surface area contributed by atoms with Crippen LogP contribution in [0.1, 0.15) is 79.5 Å². The molecule has 0 saturated carbocycles. The van der Waals surface area contributed by atoms with E-state index in [0.717, 1.165) is 43.6 Å². The Morgan fingerprint density at radius 1 is 0.641 bits per heavy atom. The van der Waals surface area contributed by atoms with Crippen molar-refractivity contribution in [2.75, 3.05) is 26.4 Å². The van der Waals surface area contributed by atoms with E-state index in [2.05, 4.69) is 13.8 Å². The van der Waals surface area contributed by atoms with Crippen molar-refractivity contribution in [3.8, 4) is 11.5 Å². The second kappa shape index (κ2) is 14.9. The first kappa shape index (κ1) is 28.9. The highest BCUT2D eigenvalue weighted by Crippen LogP contribution is 2.31. The topological polar surface area (TPSA) is 89.5 Å². The number of rotatable bonds is 15. The molecule has 39 heavy (non-hydrogen) atoms. The molecule has 212 valence electrons. The molecule has 2 aromatic rings. The molecule has 2 aliphatic rings. The van der Waals surface area contributed by atoms with Crippen LogP contribution in [0, 0.1) is 0 Å². The molecule has 8 heteroatoms. The monoisotopic (exact) mass is 540 g/mol. The average Bonchev–Trinajstić information content (AvgIpc) is 3.54. The van der Waals surface area contributed by atoms with Gasteiger partial charge in [-0.05, 0) is 61.4 Å². The highest BCUT2D eigenvalue weighted by molar-refractivity contribution is 5.90. The summed E-state index contributed by atoms with van der Waals surface area (Å²) in [7, 11) is 0. The minimum absolute atomic E-state index is 0.179. The average molecular weight is 541 g/mol. The maximum atomic E-state index is 12.7. The Bertz CT molecular complexity index is 1040. The zero-order valence-electron chi connectivity index (χ0n) is 23.0. The molecule has 0 spiro atoms. The van der Waals surface area contributed by atoms with E-state index in [0.29, 0.717) is 24.3 Å². The van der Waals surface area contributed by atoms with Crippen molar-refractivity contribution in [3.63, 3.8) is 0 Å². The lowest BCUT2D eigenvalue weighted by molar-refractivity contribution is -0.0287. The van der Waals surface area contributed by atoms with Crippen molar-refractivity contribution in [3.05, 3.63) is 59.7 Å². The van der Waals surface area contributed by atoms with Crippen LogP contribution in [0.3, 0.4) is 0 Å². The SMILES string of the molecule is CCCCCCOc1ccc(C(=O)O[C@H]2CO[C@H]3[C@@H]2OC[C@H]3OC(=O)c2ccc(OCCCCC)cc2)cc1. The Morgan fingerprint density at radius 3 is 1.49 bits per heavy atom. The molecular weight excluding hydrogens is 500 g/mol. The van der Waals surface area contributed by atoms with Gasteiger partial charge in [0.15, 0.2) is 12.2 Å². The molecule has 2 fully saturated rings. The van der Waals surface area contributed by atoms with Gasteiger partial charge in [0.05, 0.1) is 37.6 Å². The van der Waals surface area contributed by atoms with Gasteiger partial charge in [-0.25, -0.2) is 9.59 Å². The van der Waals surface area contributed by atoms with Gasteiger partial charge in [0.1, 0.15) is 23.7 Å². The molecule has 0 N–H and O–H groups in total. The van der Waals surface area contributed by atoms with Crippen molar-refractivity contribution in [2.24, 2.45) is 0 Å². The second-order valence-electron chi connectivity index (χ2n) is 10.00. The fourth-order valence-electron chi connectivity index (χ4n) is 4.68. The summed E-state index contributed by atoms with van der Waals surface area (Å²) >= 11 is 0. The van der Waals surface area contributed by atoms with Crippen LogP contribution in [0.4, 0.5) is 0 Å². The van der Waals surface area contributed by atoms with E-state index in [1.54, 1.807) is 48.5 Å². The summed E-state index contributed by atoms with van der Waals surface area (Å²) in [6.07, 6.45) is 5.68. The van der Waals surface area contributed by atoms with Crippen LogP contribution >= 0.6 is 0 Å². The standard InChI is InChI=1S/C31H40O8/c1-3-5-7-9-19-35-25-16-12-23(13-17-25)31(33)39-27-21-37-28-26(20-36-29(27)28)38-30(32)22-10-14-24(15-11-22)34-18-8-6-4-2/h10-17,26-29H,3-9,18-21H2,1-2H3/t26-,27+,28-,29-/m1/s1. The van der Waals surface area contributed by atoms with Crippen LogP contribution in [0.5, 0.6) is 11.5 Å². The number of carbonyl (C=O) groups excluding carboxylic acids is 2. The van der Waals surface area contributed by atoms with Gasteiger partial charge in [-0.15, -0.1) is 0 Å². The molecule has 4 atom stereocenters. The summed E-state index contributed by atoms with van der Waals surface area (Å²) in [6, 6.07) is 13.8. The van der Waals surface area contributed by atoms with Crippen molar-refractivity contribution >= 4 is 11.9 Å². The van der Waals surface area contributed by atoms with Crippen molar-refractivity contribution in [2.45, 2.75) is 83.2 Å². The molecule has 2 aliphatic heterocycles. The lowest BCUT2D eigenvalue weighted by Crippen LogP contribution is -2.36. The van der Waals surface area contributed by atoms with E-state index in [9.17, 15) is 9.59 Å². The van der Waals surface area contributed by atoms with Crippen molar-refractivity contribution < 1.29 is 38.0 Å². The molecule has 0 radical (unpaired) electrons. The van der Waals surface area contributed by atoms with Crippen LogP contribution in [0.2, 0.25) is 0 Å². The minimum atomic E-state index is -0.579. The van der Waals surface area contributed by atoms with Crippen LogP contribution in [0.15, 0.2) is 48.5 Å². The van der Waals surface area contributed by atoms with Gasteiger partial charge >= 0.3 is 11.9 Å². The van der Waals surface area contributed by atoms with Gasteiger partial charge in [0, 0.05) is 0 Å². The summed E-state index contributed by atoms with van der Waals surface area (Å²) in [5, 5.41) is 0. The van der Waals surface area contributed by atoms with Gasteiger partial charge in [0.25, 0.3) is 0 Å². The third-order valence-electron chi connectivity index (χ3n) is 6.94. The van der Waals surface area contributed by atoms with Crippen molar-refractivity contribution in [1.29, 1.82) is 0 Å². The summed E-state index contributed by atoms with van der Waals surface area (Å²) in [6.45, 7) is 6.00. The number of hydrogen-bond donors (Lipinski definition) is 0. The summed E-state index contributed by atoms with van der Waals surface area (Å²) < 4.78 is 34.5. The van der Waals surface area contributed by atoms with Crippen LogP contribution in [0.25, 0.3) is 0 Å². The summed E-state index contributed by atoms with van der Waals surface area (Å²) in [5.74, 6) is 0.531. The number of unbranched alkanes of at least 4 members (excludes halogenated alkanes) is 5. The predicted octanol–water partition coefficient (Wildman–Crippen LogP) is 5.76. The van der Waals surface area contributed by atoms with Gasteiger partial charge in [-0.3, -0.25) is 0 Å². The van der Waals surface area contributed by atoms with Crippen molar-refractivity contribution in [1.82, 2.24) is 0 Å². The van der Waals surface area contributed by atoms with Crippen LogP contribution < -0.4 is 9.47 Å². The molecule has 0 aliphatic carbocycles. The van der Waals surface area contributed by atoms with E-state index in [4.69, 9.17) is 28.4 Å². The molecule has 4 rings (SSSR count). The lowest BCUT2D eigenvalue weighted by Gasteiger charge is -2.17. The Balaban J connectivity index is 1.22. The third kappa shape index (κ3) is 8.19. The Hall–Kier alpha value is -3.10. The second-order valence-corrected chi connectivity index (χ2v) is 10.00. The van der Waals surface area contributed by atoms with Gasteiger partial charge in [0.2, 0.25) is 0 Å². The molecular formula is C31H40O8. The number of ether oxygens (including phenoxy) is 6. The summed E-state index contributed by atoms with van der Waals surface area (Å²) in [5.41, 5.74) is 0.851. The molecule has 0 unspecified atom stereocenters. The smallest absolute Gasteiger partial charge is 0.338 e. The first-order chi connectivity index (χ1) is 19.1. The molecule has 0 amide bonds. The van der Waals surface area contributed by atoms with E-state index in [1.165, 1.54) is 12.8 Å². The van der Waals surface area contributed by atoms with E-state index in [1.807, 2.05) is 0 Å². The summed E-state index contributed by atoms with van der Waals surface area (Å²) in [4.78, 5) is 25.4. The molecule has 0 bridgehead atoms. The first-order valence-corrected chi connectivity index (χ1v) is 14.2. The lowest BCUT2D eigenvalue weighted by atomic mass is 10.1. The van der Waals surface area contributed by atoms with Crippen LogP contribution in [-0.2, 0) is 18.9 Å². The molecule has 2 aromatic carbocycles.